The first-order chi connectivity index (χ1) is 11.3. The average Bonchev–Trinajstić information content (AvgIpc) is 3.05. The zero-order valence-corrected chi connectivity index (χ0v) is 15.7. The number of nitrogens with zero attached hydrogens (tertiary/aromatic N) is 4. The highest BCUT2D eigenvalue weighted by atomic mass is 35.5. The van der Waals surface area contributed by atoms with E-state index in [0.29, 0.717) is 25.5 Å². The third-order valence-corrected chi connectivity index (χ3v) is 3.43. The van der Waals surface area contributed by atoms with Crippen LogP contribution in [0.15, 0.2) is 30.3 Å². The number of rotatable bonds is 9. The Labute approximate surface area is 159 Å². The van der Waals surface area contributed by atoms with Crippen molar-refractivity contribution in [2.24, 2.45) is 5.73 Å². The lowest BCUT2D eigenvalue weighted by Gasteiger charge is -2.17. The molecule has 2 rings (SSSR count). The largest absolute Gasteiger partial charge is 0.354 e. The van der Waals surface area contributed by atoms with E-state index in [9.17, 15) is 4.79 Å². The van der Waals surface area contributed by atoms with Gasteiger partial charge in [-0.05, 0) is 48.4 Å². The predicted octanol–water partition coefficient (Wildman–Crippen LogP) is 1.55. The van der Waals surface area contributed by atoms with Crippen molar-refractivity contribution in [2.75, 3.05) is 18.4 Å². The van der Waals surface area contributed by atoms with Crippen LogP contribution in [0.3, 0.4) is 0 Å². The Bertz CT molecular complexity index is 609. The molecule has 25 heavy (non-hydrogen) atoms. The smallest absolute Gasteiger partial charge is 0.248 e. The van der Waals surface area contributed by atoms with Gasteiger partial charge in [-0.25, -0.2) is 0 Å². The number of unbranched alkanes of at least 4 members (excludes halogenated alkanes) is 1. The Morgan fingerprint density at radius 3 is 2.60 bits per heavy atom. The van der Waals surface area contributed by atoms with E-state index in [4.69, 9.17) is 5.73 Å². The number of tetrazole rings is 1. The number of amides is 1. The Kier molecular flexibility index (Phi) is 11.5. The van der Waals surface area contributed by atoms with Crippen molar-refractivity contribution >= 4 is 36.7 Å². The fourth-order valence-corrected chi connectivity index (χ4v) is 2.13. The number of carbonyl (C=O) groups excluding carboxylic acids is 1. The molecule has 1 atom stereocenters. The molecule has 0 aliphatic heterocycles. The monoisotopic (exact) mass is 389 g/mol. The van der Waals surface area contributed by atoms with Crippen LogP contribution in [0.2, 0.25) is 0 Å². The van der Waals surface area contributed by atoms with E-state index in [2.05, 4.69) is 26.2 Å². The lowest BCUT2D eigenvalue weighted by molar-refractivity contribution is -0.121. The number of anilines is 1. The zero-order valence-electron chi connectivity index (χ0n) is 14.1. The number of benzene rings is 1. The lowest BCUT2D eigenvalue weighted by Crippen LogP contribution is -2.40. The lowest BCUT2D eigenvalue weighted by atomic mass is 10.2. The predicted molar refractivity (Wildman–Crippen MR) is 103 cm³/mol. The van der Waals surface area contributed by atoms with Crippen molar-refractivity contribution in [1.82, 2.24) is 25.5 Å². The first-order valence-corrected chi connectivity index (χ1v) is 7.84. The van der Waals surface area contributed by atoms with Crippen LogP contribution in [0.4, 0.5) is 5.95 Å². The molecule has 0 saturated heterocycles. The van der Waals surface area contributed by atoms with Crippen LogP contribution in [0.5, 0.6) is 0 Å². The minimum atomic E-state index is -0.388. The van der Waals surface area contributed by atoms with Gasteiger partial charge in [0.25, 0.3) is 0 Å². The van der Waals surface area contributed by atoms with Gasteiger partial charge in [-0.3, -0.25) is 4.79 Å². The summed E-state index contributed by atoms with van der Waals surface area (Å²) in [6.45, 7) is 3.20. The van der Waals surface area contributed by atoms with E-state index >= 15 is 0 Å². The number of nitrogens with two attached hydrogens (primary N) is 1. The summed E-state index contributed by atoms with van der Waals surface area (Å²) in [6, 6.07) is 9.14. The van der Waals surface area contributed by atoms with Crippen LogP contribution in [0.25, 0.3) is 5.69 Å². The molecule has 2 aromatic rings. The summed E-state index contributed by atoms with van der Waals surface area (Å²) in [5, 5.41) is 17.6. The zero-order chi connectivity index (χ0) is 16.5. The summed E-state index contributed by atoms with van der Waals surface area (Å²) in [5.41, 5.74) is 6.28. The number of carbonyl (C=O) groups is 1. The van der Waals surface area contributed by atoms with Gasteiger partial charge in [-0.1, -0.05) is 30.2 Å². The second-order valence-corrected chi connectivity index (χ2v) is 5.14. The van der Waals surface area contributed by atoms with Crippen molar-refractivity contribution in [3.8, 4) is 5.69 Å². The molecular weight excluding hydrogens is 365 g/mol. The van der Waals surface area contributed by atoms with Crippen LogP contribution in [-0.2, 0) is 4.79 Å². The topological polar surface area (TPSA) is 111 Å². The highest BCUT2D eigenvalue weighted by molar-refractivity contribution is 5.85. The Morgan fingerprint density at radius 2 is 1.96 bits per heavy atom. The van der Waals surface area contributed by atoms with Crippen LogP contribution in [0.1, 0.15) is 26.2 Å². The maximum Gasteiger partial charge on any atom is 0.248 e. The van der Waals surface area contributed by atoms with E-state index in [1.54, 1.807) is 4.68 Å². The molecule has 140 valence electrons. The molecule has 0 spiro atoms. The summed E-state index contributed by atoms with van der Waals surface area (Å²) in [4.78, 5) is 12.2. The molecule has 0 aliphatic carbocycles. The van der Waals surface area contributed by atoms with E-state index in [1.807, 2.05) is 37.3 Å². The Morgan fingerprint density at radius 1 is 1.24 bits per heavy atom. The van der Waals surface area contributed by atoms with Crippen LogP contribution in [-0.4, -0.2) is 45.2 Å². The van der Waals surface area contributed by atoms with Crippen LogP contribution < -0.4 is 16.4 Å². The van der Waals surface area contributed by atoms with Gasteiger partial charge >= 0.3 is 0 Å². The molecular formula is C15H25Cl2N7O. The number of hydrogen-bond acceptors (Lipinski definition) is 6. The number of aromatic nitrogens is 4. The van der Waals surface area contributed by atoms with Crippen LogP contribution >= 0.6 is 24.8 Å². The molecule has 4 N–H and O–H groups in total. The summed E-state index contributed by atoms with van der Waals surface area (Å²) in [5.74, 6) is 0.382. The normalized spacial score (nSPS) is 11.0. The standard InChI is InChI=1S/C15H23N7O.2ClH/c1-2-13(14(23)17-11-7-6-10-16)18-15-19-20-21-22(15)12-8-4-3-5-9-12;;/h3-5,8-9,13H,2,6-7,10-11,16H2,1H3,(H,17,23)(H,18,19,21);2*1H. The van der Waals surface area contributed by atoms with Crippen molar-refractivity contribution in [1.29, 1.82) is 0 Å². The van der Waals surface area contributed by atoms with Crippen molar-refractivity contribution < 1.29 is 4.79 Å². The molecule has 0 fully saturated rings. The van der Waals surface area contributed by atoms with Gasteiger partial charge in [0.1, 0.15) is 6.04 Å². The minimum absolute atomic E-state index is 0. The number of hydrogen-bond donors (Lipinski definition) is 3. The van der Waals surface area contributed by atoms with Gasteiger partial charge in [0, 0.05) is 6.54 Å². The van der Waals surface area contributed by atoms with Gasteiger partial charge < -0.3 is 16.4 Å². The van der Waals surface area contributed by atoms with E-state index in [1.165, 1.54) is 0 Å². The first kappa shape index (κ1) is 23.1. The minimum Gasteiger partial charge on any atom is -0.354 e. The van der Waals surface area contributed by atoms with Gasteiger partial charge in [0.15, 0.2) is 0 Å². The highest BCUT2D eigenvalue weighted by Crippen LogP contribution is 2.12. The molecule has 1 amide bonds. The molecule has 1 aromatic heterocycles. The fourth-order valence-electron chi connectivity index (χ4n) is 2.13. The molecule has 1 heterocycles. The van der Waals surface area contributed by atoms with E-state index < -0.39 is 0 Å². The van der Waals surface area contributed by atoms with E-state index in [0.717, 1.165) is 18.5 Å². The molecule has 0 saturated carbocycles. The number of nitrogens with one attached hydrogen (secondary N) is 2. The van der Waals surface area contributed by atoms with Gasteiger partial charge in [0.2, 0.25) is 11.9 Å². The molecule has 0 bridgehead atoms. The highest BCUT2D eigenvalue weighted by Gasteiger charge is 2.19. The molecule has 1 aromatic carbocycles. The number of halogens is 2. The van der Waals surface area contributed by atoms with Gasteiger partial charge in [-0.2, -0.15) is 4.68 Å². The van der Waals surface area contributed by atoms with Crippen molar-refractivity contribution in [3.63, 3.8) is 0 Å². The molecule has 8 nitrogen and oxygen atoms in total. The molecule has 0 radical (unpaired) electrons. The van der Waals surface area contributed by atoms with E-state index in [-0.39, 0.29) is 36.8 Å². The summed E-state index contributed by atoms with van der Waals surface area (Å²) >= 11 is 0. The maximum atomic E-state index is 12.2. The van der Waals surface area contributed by atoms with Gasteiger partial charge in [-0.15, -0.1) is 24.8 Å². The number of para-hydroxylation sites is 1. The average molecular weight is 390 g/mol. The maximum absolute atomic E-state index is 12.2. The Balaban J connectivity index is 0.00000288. The molecule has 1 unspecified atom stereocenters. The molecule has 0 aliphatic rings. The second-order valence-electron chi connectivity index (χ2n) is 5.14. The van der Waals surface area contributed by atoms with Gasteiger partial charge in [0.05, 0.1) is 5.69 Å². The SMILES string of the molecule is CCC(Nc1nnnn1-c1ccccc1)C(=O)NCCCCN.Cl.Cl. The summed E-state index contributed by atoms with van der Waals surface area (Å²) in [6.07, 6.45) is 2.40. The van der Waals surface area contributed by atoms with Crippen molar-refractivity contribution in [2.45, 2.75) is 32.2 Å². The quantitative estimate of drug-likeness (QED) is 0.561. The third kappa shape index (κ3) is 6.85. The summed E-state index contributed by atoms with van der Waals surface area (Å²) < 4.78 is 1.57. The van der Waals surface area contributed by atoms with Crippen molar-refractivity contribution in [3.05, 3.63) is 30.3 Å². The summed E-state index contributed by atoms with van der Waals surface area (Å²) in [7, 11) is 0. The molecule has 10 heteroatoms. The van der Waals surface area contributed by atoms with Crippen LogP contribution in [0, 0.1) is 0 Å². The first-order valence-electron chi connectivity index (χ1n) is 7.84. The second kappa shape index (κ2) is 12.5. The fraction of sp³-hybridized carbons (Fsp3) is 0.467. The Hall–Kier alpha value is -1.90. The third-order valence-electron chi connectivity index (χ3n) is 3.43.